The van der Waals surface area contributed by atoms with Gasteiger partial charge in [0, 0.05) is 30.7 Å². The van der Waals surface area contributed by atoms with Crippen LogP contribution in [0, 0.1) is 6.92 Å². The number of pyridine rings is 1. The van der Waals surface area contributed by atoms with Crippen molar-refractivity contribution in [3.8, 4) is 0 Å². The van der Waals surface area contributed by atoms with E-state index in [1.165, 1.54) is 0 Å². The van der Waals surface area contributed by atoms with Gasteiger partial charge in [-0.3, -0.25) is 9.78 Å². The highest BCUT2D eigenvalue weighted by molar-refractivity contribution is 6.05. The molecule has 2 rings (SSSR count). The molecule has 0 aliphatic heterocycles. The number of nitrogens with zero attached hydrogens (tertiary/aromatic N) is 2. The summed E-state index contributed by atoms with van der Waals surface area (Å²) in [5.74, 6) is -0.0233. The highest BCUT2D eigenvalue weighted by Gasteiger charge is 2.17. The monoisotopic (exact) mass is 283 g/mol. The van der Waals surface area contributed by atoms with E-state index in [-0.39, 0.29) is 5.91 Å². The first-order chi connectivity index (χ1) is 10.2. The molecule has 1 amide bonds. The smallest absolute Gasteiger partial charge is 0.259 e. The third-order valence-corrected chi connectivity index (χ3v) is 3.33. The minimum Gasteiger partial charge on any atom is -0.326 e. The first-order valence-electron chi connectivity index (χ1n) is 7.19. The molecule has 1 heterocycles. The molecule has 21 heavy (non-hydrogen) atoms. The van der Waals surface area contributed by atoms with Gasteiger partial charge in [-0.2, -0.15) is 0 Å². The summed E-state index contributed by atoms with van der Waals surface area (Å²) in [5, 5.41) is 0. The van der Waals surface area contributed by atoms with E-state index in [1.54, 1.807) is 11.1 Å². The number of anilines is 1. The molecule has 0 bridgehead atoms. The summed E-state index contributed by atoms with van der Waals surface area (Å²) in [4.78, 5) is 18.6. The Labute approximate surface area is 125 Å². The molecule has 0 atom stereocenters. The lowest BCUT2D eigenvalue weighted by Gasteiger charge is -2.22. The van der Waals surface area contributed by atoms with E-state index >= 15 is 0 Å². The van der Waals surface area contributed by atoms with E-state index in [0.717, 1.165) is 23.4 Å². The van der Waals surface area contributed by atoms with Gasteiger partial charge in [-0.25, -0.2) is 0 Å². The Morgan fingerprint density at radius 1 is 1.19 bits per heavy atom. The van der Waals surface area contributed by atoms with Crippen molar-refractivity contribution >= 4 is 11.6 Å². The maximum Gasteiger partial charge on any atom is 0.259 e. The van der Waals surface area contributed by atoms with Gasteiger partial charge in [0.05, 0.1) is 5.56 Å². The number of rotatable bonds is 5. The van der Waals surface area contributed by atoms with Gasteiger partial charge in [0.1, 0.15) is 0 Å². The topological polar surface area (TPSA) is 59.2 Å². The average Bonchev–Trinajstić information content (AvgIpc) is 2.53. The fourth-order valence-electron chi connectivity index (χ4n) is 2.13. The summed E-state index contributed by atoms with van der Waals surface area (Å²) < 4.78 is 0. The Morgan fingerprint density at radius 2 is 1.90 bits per heavy atom. The van der Waals surface area contributed by atoms with Crippen LogP contribution in [-0.2, 0) is 6.54 Å². The minimum absolute atomic E-state index is 0.0233. The van der Waals surface area contributed by atoms with Gasteiger partial charge < -0.3 is 10.6 Å². The molecule has 0 radical (unpaired) electrons. The predicted molar refractivity (Wildman–Crippen MR) is 85.3 cm³/mol. The van der Waals surface area contributed by atoms with Gasteiger partial charge >= 0.3 is 0 Å². The van der Waals surface area contributed by atoms with Gasteiger partial charge in [0.25, 0.3) is 5.91 Å². The molecule has 0 unspecified atom stereocenters. The second-order valence-electron chi connectivity index (χ2n) is 5.02. The van der Waals surface area contributed by atoms with E-state index < -0.39 is 0 Å². The van der Waals surface area contributed by atoms with Crippen molar-refractivity contribution in [1.29, 1.82) is 0 Å². The van der Waals surface area contributed by atoms with Gasteiger partial charge in [-0.1, -0.05) is 19.1 Å². The molecule has 2 N–H and O–H groups in total. The standard InChI is InChI=1S/C17H21N3O/c1-3-10-20(16-8-5-14(11-18)6-9-16)17(21)15-7-4-13(2)19-12-15/h4-9,12H,3,10-11,18H2,1-2H3. The minimum atomic E-state index is -0.0233. The summed E-state index contributed by atoms with van der Waals surface area (Å²) in [6, 6.07) is 11.5. The molecule has 2 aromatic rings. The second kappa shape index (κ2) is 6.99. The largest absolute Gasteiger partial charge is 0.326 e. The van der Waals surface area contributed by atoms with Crippen LogP contribution >= 0.6 is 0 Å². The first-order valence-corrected chi connectivity index (χ1v) is 7.19. The Morgan fingerprint density at radius 3 is 2.43 bits per heavy atom. The van der Waals surface area contributed by atoms with Gasteiger partial charge in [-0.15, -0.1) is 0 Å². The van der Waals surface area contributed by atoms with Crippen molar-refractivity contribution < 1.29 is 4.79 Å². The molecule has 0 saturated carbocycles. The fourth-order valence-corrected chi connectivity index (χ4v) is 2.13. The third kappa shape index (κ3) is 3.67. The van der Waals surface area contributed by atoms with Gasteiger partial charge in [-0.05, 0) is 43.2 Å². The zero-order chi connectivity index (χ0) is 15.2. The molecule has 1 aromatic heterocycles. The lowest BCUT2D eigenvalue weighted by Crippen LogP contribution is -2.31. The SMILES string of the molecule is CCCN(C(=O)c1ccc(C)nc1)c1ccc(CN)cc1. The molecular weight excluding hydrogens is 262 g/mol. The quantitative estimate of drug-likeness (QED) is 0.918. The second-order valence-corrected chi connectivity index (χ2v) is 5.02. The molecule has 4 nitrogen and oxygen atoms in total. The van der Waals surface area contributed by atoms with Crippen molar-refractivity contribution in [2.45, 2.75) is 26.8 Å². The maximum atomic E-state index is 12.7. The van der Waals surface area contributed by atoms with Crippen LogP contribution < -0.4 is 10.6 Å². The number of benzene rings is 1. The lowest BCUT2D eigenvalue weighted by molar-refractivity contribution is 0.0986. The van der Waals surface area contributed by atoms with Crippen molar-refractivity contribution in [2.75, 3.05) is 11.4 Å². The van der Waals surface area contributed by atoms with Crippen LogP contribution in [0.1, 0.15) is 35.0 Å². The van der Waals surface area contributed by atoms with Crippen LogP contribution in [0.4, 0.5) is 5.69 Å². The van der Waals surface area contributed by atoms with E-state index in [1.807, 2.05) is 43.3 Å². The number of hydrogen-bond donors (Lipinski definition) is 1. The number of carbonyl (C=O) groups is 1. The average molecular weight is 283 g/mol. The van der Waals surface area contributed by atoms with E-state index in [2.05, 4.69) is 11.9 Å². The molecule has 1 aromatic carbocycles. The number of nitrogens with two attached hydrogens (primary N) is 1. The number of carbonyl (C=O) groups excluding carboxylic acids is 1. The fraction of sp³-hybridized carbons (Fsp3) is 0.294. The third-order valence-electron chi connectivity index (χ3n) is 3.33. The van der Waals surface area contributed by atoms with E-state index in [9.17, 15) is 4.79 Å². The van der Waals surface area contributed by atoms with Crippen molar-refractivity contribution in [3.05, 3.63) is 59.4 Å². The van der Waals surface area contributed by atoms with Crippen molar-refractivity contribution in [1.82, 2.24) is 4.98 Å². The number of amides is 1. The summed E-state index contributed by atoms with van der Waals surface area (Å²) in [5.41, 5.74) is 9.07. The normalized spacial score (nSPS) is 10.4. The van der Waals surface area contributed by atoms with Crippen LogP contribution in [-0.4, -0.2) is 17.4 Å². The van der Waals surface area contributed by atoms with Crippen molar-refractivity contribution in [3.63, 3.8) is 0 Å². The van der Waals surface area contributed by atoms with Crippen LogP contribution in [0.2, 0.25) is 0 Å². The van der Waals surface area contributed by atoms with Crippen molar-refractivity contribution in [2.24, 2.45) is 5.73 Å². The Bertz CT molecular complexity index is 590. The summed E-state index contributed by atoms with van der Waals surface area (Å²) >= 11 is 0. The van der Waals surface area contributed by atoms with Gasteiger partial charge in [0.15, 0.2) is 0 Å². The molecular formula is C17H21N3O. The number of aromatic nitrogens is 1. The molecule has 0 saturated heterocycles. The molecule has 4 heteroatoms. The summed E-state index contributed by atoms with van der Waals surface area (Å²) in [6.45, 7) is 5.14. The van der Waals surface area contributed by atoms with Gasteiger partial charge in [0.2, 0.25) is 0 Å². The van der Waals surface area contributed by atoms with Crippen LogP contribution in [0.5, 0.6) is 0 Å². The Balaban J connectivity index is 2.28. The Hall–Kier alpha value is -2.20. The zero-order valence-electron chi connectivity index (χ0n) is 12.5. The molecule has 0 spiro atoms. The molecule has 0 aliphatic carbocycles. The molecule has 110 valence electrons. The first kappa shape index (κ1) is 15.2. The molecule has 0 fully saturated rings. The highest BCUT2D eigenvalue weighted by atomic mass is 16.2. The number of aryl methyl sites for hydroxylation is 1. The maximum absolute atomic E-state index is 12.7. The van der Waals surface area contributed by atoms with Crippen LogP contribution in [0.15, 0.2) is 42.6 Å². The zero-order valence-corrected chi connectivity index (χ0v) is 12.5. The number of hydrogen-bond acceptors (Lipinski definition) is 3. The highest BCUT2D eigenvalue weighted by Crippen LogP contribution is 2.18. The van der Waals surface area contributed by atoms with E-state index in [0.29, 0.717) is 18.7 Å². The van der Waals surface area contributed by atoms with E-state index in [4.69, 9.17) is 5.73 Å². The molecule has 0 aliphatic rings. The predicted octanol–water partition coefficient (Wildman–Crippen LogP) is 2.91. The lowest BCUT2D eigenvalue weighted by atomic mass is 10.1. The summed E-state index contributed by atoms with van der Waals surface area (Å²) in [7, 11) is 0. The van der Waals surface area contributed by atoms with Crippen LogP contribution in [0.3, 0.4) is 0 Å². The Kier molecular flexibility index (Phi) is 5.06. The van der Waals surface area contributed by atoms with Crippen LogP contribution in [0.25, 0.3) is 0 Å². The summed E-state index contributed by atoms with van der Waals surface area (Å²) in [6.07, 6.45) is 2.53.